The maximum Gasteiger partial charge on any atom is 0.308 e. The highest BCUT2D eigenvalue weighted by molar-refractivity contribution is 5.74. The Bertz CT molecular complexity index is 767. The lowest BCUT2D eigenvalue weighted by Crippen LogP contribution is -2.18. The molecule has 0 spiro atoms. The first-order valence-electron chi connectivity index (χ1n) is 7.75. The van der Waals surface area contributed by atoms with E-state index in [2.05, 4.69) is 0 Å². The summed E-state index contributed by atoms with van der Waals surface area (Å²) in [6.07, 6.45) is 0.462. The molecule has 0 bridgehead atoms. The van der Waals surface area contributed by atoms with Gasteiger partial charge in [0.15, 0.2) is 11.5 Å². The lowest BCUT2D eigenvalue weighted by atomic mass is 9.92. The van der Waals surface area contributed by atoms with Gasteiger partial charge in [0.2, 0.25) is 0 Å². The average Bonchev–Trinajstić information content (AvgIpc) is 2.54. The minimum atomic E-state index is -0.476. The van der Waals surface area contributed by atoms with Crippen LogP contribution in [0.3, 0.4) is 0 Å². The summed E-state index contributed by atoms with van der Waals surface area (Å²) in [5.41, 5.74) is 2.95. The molecule has 2 aromatic carbocycles. The summed E-state index contributed by atoms with van der Waals surface area (Å²) in [4.78, 5) is 22.7. The smallest absolute Gasteiger partial charge is 0.308 e. The van der Waals surface area contributed by atoms with Crippen molar-refractivity contribution in [1.29, 1.82) is 0 Å². The minimum Gasteiger partial charge on any atom is -0.423 e. The van der Waals surface area contributed by atoms with Crippen molar-refractivity contribution < 1.29 is 23.8 Å². The molecule has 0 saturated carbocycles. The minimum absolute atomic E-state index is 0.225. The predicted octanol–water partition coefficient (Wildman–Crippen LogP) is 3.20. The van der Waals surface area contributed by atoms with E-state index in [4.69, 9.17) is 14.2 Å². The molecule has 0 aromatic heterocycles. The zero-order valence-corrected chi connectivity index (χ0v) is 13.6. The van der Waals surface area contributed by atoms with Gasteiger partial charge in [-0.2, -0.15) is 0 Å². The quantitative estimate of drug-likeness (QED) is 0.640. The number of benzene rings is 2. The van der Waals surface area contributed by atoms with E-state index >= 15 is 0 Å². The highest BCUT2D eigenvalue weighted by Gasteiger charge is 2.26. The standard InChI is InChI=1S/C19H18O5/c1-12(20)23-17-10-15-8-9-22-19(14-6-4-3-5-7-14)16(15)11-18(17)24-13(2)21/h3-7,10-11,19H,8-9H2,1-2H3. The normalized spacial score (nSPS) is 16.2. The fourth-order valence-corrected chi connectivity index (χ4v) is 2.83. The molecule has 1 unspecified atom stereocenters. The van der Waals surface area contributed by atoms with Crippen molar-refractivity contribution in [1.82, 2.24) is 0 Å². The molecule has 0 radical (unpaired) electrons. The van der Waals surface area contributed by atoms with Crippen LogP contribution in [0.25, 0.3) is 0 Å². The highest BCUT2D eigenvalue weighted by Crippen LogP contribution is 2.39. The van der Waals surface area contributed by atoms with Gasteiger partial charge in [-0.25, -0.2) is 0 Å². The van der Waals surface area contributed by atoms with Crippen LogP contribution in [0.5, 0.6) is 11.5 Å². The Morgan fingerprint density at radius 2 is 1.62 bits per heavy atom. The zero-order valence-electron chi connectivity index (χ0n) is 13.6. The Kier molecular flexibility index (Phi) is 4.62. The average molecular weight is 326 g/mol. The molecule has 0 N–H and O–H groups in total. The van der Waals surface area contributed by atoms with Gasteiger partial charge in [0, 0.05) is 13.8 Å². The second-order valence-corrected chi connectivity index (χ2v) is 5.60. The maximum atomic E-state index is 11.4. The SMILES string of the molecule is CC(=O)Oc1cc2c(cc1OC(C)=O)C(c1ccccc1)OCC2. The van der Waals surface area contributed by atoms with Crippen LogP contribution in [0.2, 0.25) is 0 Å². The van der Waals surface area contributed by atoms with Crippen LogP contribution in [-0.4, -0.2) is 18.5 Å². The molecule has 0 fully saturated rings. The van der Waals surface area contributed by atoms with Crippen molar-refractivity contribution in [3.05, 3.63) is 59.2 Å². The molecule has 1 aliphatic heterocycles. The summed E-state index contributed by atoms with van der Waals surface area (Å²) in [5.74, 6) is -0.459. The van der Waals surface area contributed by atoms with Crippen molar-refractivity contribution in [2.75, 3.05) is 6.61 Å². The molecular weight excluding hydrogens is 308 g/mol. The van der Waals surface area contributed by atoms with Gasteiger partial charge >= 0.3 is 11.9 Å². The van der Waals surface area contributed by atoms with E-state index in [1.54, 1.807) is 12.1 Å². The Morgan fingerprint density at radius 3 is 2.25 bits per heavy atom. The van der Waals surface area contributed by atoms with Crippen molar-refractivity contribution in [3.63, 3.8) is 0 Å². The van der Waals surface area contributed by atoms with Crippen LogP contribution < -0.4 is 9.47 Å². The van der Waals surface area contributed by atoms with Crippen LogP contribution >= 0.6 is 0 Å². The van der Waals surface area contributed by atoms with Crippen molar-refractivity contribution in [3.8, 4) is 11.5 Å². The van der Waals surface area contributed by atoms with E-state index in [0.717, 1.165) is 16.7 Å². The number of ether oxygens (including phenoxy) is 3. The highest BCUT2D eigenvalue weighted by atomic mass is 16.6. The molecule has 124 valence electrons. The summed E-state index contributed by atoms with van der Waals surface area (Å²) >= 11 is 0. The van der Waals surface area contributed by atoms with Crippen LogP contribution in [0.15, 0.2) is 42.5 Å². The Balaban J connectivity index is 2.07. The molecule has 1 heterocycles. The summed E-state index contributed by atoms with van der Waals surface area (Å²) < 4.78 is 16.3. The number of rotatable bonds is 3. The Hall–Kier alpha value is -2.66. The summed E-state index contributed by atoms with van der Waals surface area (Å²) in [7, 11) is 0. The summed E-state index contributed by atoms with van der Waals surface area (Å²) in [6, 6.07) is 13.3. The number of esters is 2. The van der Waals surface area contributed by atoms with E-state index in [-0.39, 0.29) is 17.6 Å². The first-order valence-corrected chi connectivity index (χ1v) is 7.75. The second kappa shape index (κ2) is 6.84. The molecule has 0 aliphatic carbocycles. The molecular formula is C19H18O5. The van der Waals surface area contributed by atoms with Crippen LogP contribution in [0.1, 0.15) is 36.6 Å². The van der Waals surface area contributed by atoms with Gasteiger partial charge in [-0.3, -0.25) is 9.59 Å². The monoisotopic (exact) mass is 326 g/mol. The molecule has 1 aliphatic rings. The van der Waals surface area contributed by atoms with Crippen LogP contribution in [0.4, 0.5) is 0 Å². The summed E-state index contributed by atoms with van der Waals surface area (Å²) in [5, 5.41) is 0. The molecule has 3 rings (SSSR count). The fourth-order valence-electron chi connectivity index (χ4n) is 2.83. The van der Waals surface area contributed by atoms with Gasteiger partial charge < -0.3 is 14.2 Å². The van der Waals surface area contributed by atoms with Gasteiger partial charge in [0.1, 0.15) is 6.10 Å². The van der Waals surface area contributed by atoms with Crippen LogP contribution in [-0.2, 0) is 20.7 Å². The first-order chi connectivity index (χ1) is 11.5. The van der Waals surface area contributed by atoms with Gasteiger partial charge in [-0.15, -0.1) is 0 Å². The third-order valence-electron chi connectivity index (χ3n) is 3.75. The largest absolute Gasteiger partial charge is 0.423 e. The molecule has 1 atom stereocenters. The number of carbonyl (C=O) groups is 2. The van der Waals surface area contributed by atoms with E-state index in [1.165, 1.54) is 13.8 Å². The number of fused-ring (bicyclic) bond motifs is 1. The van der Waals surface area contributed by atoms with Gasteiger partial charge in [-0.1, -0.05) is 30.3 Å². The van der Waals surface area contributed by atoms with Crippen molar-refractivity contribution in [2.45, 2.75) is 26.4 Å². The molecule has 0 saturated heterocycles. The lowest BCUT2D eigenvalue weighted by molar-refractivity contribution is -0.134. The van der Waals surface area contributed by atoms with E-state index < -0.39 is 11.9 Å². The van der Waals surface area contributed by atoms with E-state index in [9.17, 15) is 9.59 Å². The van der Waals surface area contributed by atoms with Crippen LogP contribution in [0, 0.1) is 0 Å². The molecule has 24 heavy (non-hydrogen) atoms. The Labute approximate surface area is 140 Å². The van der Waals surface area contributed by atoms with E-state index in [1.807, 2.05) is 30.3 Å². The zero-order chi connectivity index (χ0) is 17.1. The van der Waals surface area contributed by atoms with E-state index in [0.29, 0.717) is 13.0 Å². The maximum absolute atomic E-state index is 11.4. The van der Waals surface area contributed by atoms with Gasteiger partial charge in [0.05, 0.1) is 6.61 Å². The lowest BCUT2D eigenvalue weighted by Gasteiger charge is -2.27. The van der Waals surface area contributed by atoms with Gasteiger partial charge in [-0.05, 0) is 35.2 Å². The first kappa shape index (κ1) is 16.2. The predicted molar refractivity (Wildman–Crippen MR) is 87.0 cm³/mol. The summed E-state index contributed by atoms with van der Waals surface area (Å²) in [6.45, 7) is 3.19. The van der Waals surface area contributed by atoms with Crippen molar-refractivity contribution >= 4 is 11.9 Å². The van der Waals surface area contributed by atoms with Gasteiger partial charge in [0.25, 0.3) is 0 Å². The second-order valence-electron chi connectivity index (χ2n) is 5.60. The molecule has 5 heteroatoms. The third kappa shape index (κ3) is 3.46. The van der Waals surface area contributed by atoms with Crippen molar-refractivity contribution in [2.24, 2.45) is 0 Å². The molecule has 5 nitrogen and oxygen atoms in total. The number of hydrogen-bond donors (Lipinski definition) is 0. The molecule has 0 amide bonds. The topological polar surface area (TPSA) is 61.8 Å². The third-order valence-corrected chi connectivity index (χ3v) is 3.75. The Morgan fingerprint density at radius 1 is 1.00 bits per heavy atom. The fraction of sp³-hybridized carbons (Fsp3) is 0.263. The number of carbonyl (C=O) groups excluding carboxylic acids is 2. The molecule has 2 aromatic rings. The number of hydrogen-bond acceptors (Lipinski definition) is 5.